The number of nitrogens with one attached hydrogen (secondary N) is 1. The number of carbonyl (C=O) groups is 2. The highest BCUT2D eigenvalue weighted by molar-refractivity contribution is 5.85. The Morgan fingerprint density at radius 1 is 1.09 bits per heavy atom. The molecule has 1 aliphatic rings. The van der Waals surface area contributed by atoms with E-state index in [1.165, 1.54) is 4.90 Å². The van der Waals surface area contributed by atoms with Crippen molar-refractivity contribution in [3.63, 3.8) is 0 Å². The molecule has 2 heterocycles. The molecule has 8 nitrogen and oxygen atoms in total. The molecule has 1 atom stereocenters. The molecule has 8 heteroatoms. The summed E-state index contributed by atoms with van der Waals surface area (Å²) in [6.07, 6.45) is 0.692. The number of methoxy groups -OCH3 is 1. The van der Waals surface area contributed by atoms with Crippen LogP contribution in [0.3, 0.4) is 0 Å². The van der Waals surface area contributed by atoms with Crippen LogP contribution >= 0.6 is 0 Å². The summed E-state index contributed by atoms with van der Waals surface area (Å²) in [5, 5.41) is 10.5. The summed E-state index contributed by atoms with van der Waals surface area (Å²) in [6, 6.07) is 16.4. The number of carboxylic acids is 1. The summed E-state index contributed by atoms with van der Waals surface area (Å²) < 4.78 is 10.3. The third-order valence-corrected chi connectivity index (χ3v) is 5.32. The van der Waals surface area contributed by atoms with Crippen molar-refractivity contribution in [3.8, 4) is 17.0 Å². The van der Waals surface area contributed by atoms with E-state index in [0.717, 1.165) is 28.8 Å². The van der Waals surface area contributed by atoms with Crippen LogP contribution in [0.25, 0.3) is 22.0 Å². The summed E-state index contributed by atoms with van der Waals surface area (Å²) in [6.45, 7) is 5.75. The van der Waals surface area contributed by atoms with E-state index in [2.05, 4.69) is 4.98 Å². The van der Waals surface area contributed by atoms with E-state index in [4.69, 9.17) is 14.6 Å². The smallest absolute Gasteiger partial charge is 0.411 e. The van der Waals surface area contributed by atoms with Crippen LogP contribution in [0.4, 0.5) is 4.79 Å². The molecule has 2 aromatic carbocycles. The molecule has 1 aromatic heterocycles. The molecule has 0 aliphatic carbocycles. The molecule has 0 spiro atoms. The Balaban J connectivity index is 0.000000197. The summed E-state index contributed by atoms with van der Waals surface area (Å²) >= 11 is 0. The van der Waals surface area contributed by atoms with Crippen LogP contribution in [0.2, 0.25) is 0 Å². The number of hydrogen-bond acceptors (Lipinski definition) is 5. The first-order valence-electron chi connectivity index (χ1n) is 11.1. The second-order valence-corrected chi connectivity index (χ2v) is 9.00. The molecular formula is C26H30N2O6. The van der Waals surface area contributed by atoms with Crippen molar-refractivity contribution >= 4 is 22.8 Å². The second kappa shape index (κ2) is 10.4. The molecule has 1 amide bonds. The molecule has 2 N–H and O–H groups in total. The fourth-order valence-corrected chi connectivity index (χ4v) is 3.70. The van der Waals surface area contributed by atoms with Gasteiger partial charge in [0, 0.05) is 17.6 Å². The lowest BCUT2D eigenvalue weighted by atomic mass is 10.1. The summed E-state index contributed by atoms with van der Waals surface area (Å²) in [7, 11) is 1.63. The standard InChI is InChI=1S/C16H13NO2.C10H17NO4/c1-19-13-8-6-11(7-9-13)15-10-12-4-2-3-5-14(12)16(18)17-15;1-10(2,3)15-9(14)11-6-4-5-7(11)8(12)13/h2-10H,1H3,(H,17,18);7H,4-6H2,1-3H3,(H,12,13)/t;7-/m.0/s1. The van der Waals surface area contributed by atoms with E-state index < -0.39 is 23.7 Å². The third-order valence-electron chi connectivity index (χ3n) is 5.32. The van der Waals surface area contributed by atoms with Gasteiger partial charge < -0.3 is 19.6 Å². The maximum atomic E-state index is 12.0. The van der Waals surface area contributed by atoms with Crippen LogP contribution in [0.5, 0.6) is 5.75 Å². The van der Waals surface area contributed by atoms with Crippen LogP contribution in [0.1, 0.15) is 33.6 Å². The number of carboxylic acid groups (broad SMARTS) is 1. The van der Waals surface area contributed by atoms with Crippen LogP contribution in [0, 0.1) is 0 Å². The average Bonchev–Trinajstić information content (AvgIpc) is 3.29. The van der Waals surface area contributed by atoms with Gasteiger partial charge in [0.1, 0.15) is 17.4 Å². The second-order valence-electron chi connectivity index (χ2n) is 9.00. The number of pyridine rings is 1. The van der Waals surface area contributed by atoms with Crippen molar-refractivity contribution in [2.75, 3.05) is 13.7 Å². The fraction of sp³-hybridized carbons (Fsp3) is 0.346. The number of nitrogens with zero attached hydrogens (tertiary/aromatic N) is 1. The van der Waals surface area contributed by atoms with Gasteiger partial charge in [0.05, 0.1) is 7.11 Å². The number of aromatic amines is 1. The summed E-state index contributed by atoms with van der Waals surface area (Å²) in [5.74, 6) is -0.162. The lowest BCUT2D eigenvalue weighted by molar-refractivity contribution is -0.142. The van der Waals surface area contributed by atoms with E-state index >= 15 is 0 Å². The molecule has 4 rings (SSSR count). The van der Waals surface area contributed by atoms with E-state index in [1.807, 2.05) is 54.6 Å². The van der Waals surface area contributed by atoms with Crippen molar-refractivity contribution in [2.24, 2.45) is 0 Å². The van der Waals surface area contributed by atoms with Gasteiger partial charge in [0.2, 0.25) is 0 Å². The largest absolute Gasteiger partial charge is 0.497 e. The maximum Gasteiger partial charge on any atom is 0.411 e. The Hall–Kier alpha value is -3.81. The van der Waals surface area contributed by atoms with Gasteiger partial charge in [-0.3, -0.25) is 9.69 Å². The van der Waals surface area contributed by atoms with Gasteiger partial charge in [-0.25, -0.2) is 9.59 Å². The number of aromatic nitrogens is 1. The highest BCUT2D eigenvalue weighted by atomic mass is 16.6. The topological polar surface area (TPSA) is 109 Å². The van der Waals surface area contributed by atoms with Gasteiger partial charge in [-0.05, 0) is 81.0 Å². The van der Waals surface area contributed by atoms with Crippen molar-refractivity contribution in [3.05, 3.63) is 65.0 Å². The quantitative estimate of drug-likeness (QED) is 0.580. The van der Waals surface area contributed by atoms with Gasteiger partial charge >= 0.3 is 12.1 Å². The van der Waals surface area contributed by atoms with Crippen molar-refractivity contribution in [1.29, 1.82) is 0 Å². The maximum absolute atomic E-state index is 12.0. The molecule has 0 bridgehead atoms. The predicted octanol–water partition coefficient (Wildman–Crippen LogP) is 4.67. The first-order chi connectivity index (χ1) is 16.1. The Morgan fingerprint density at radius 3 is 2.38 bits per heavy atom. The zero-order chi connectivity index (χ0) is 24.9. The first kappa shape index (κ1) is 24.8. The minimum Gasteiger partial charge on any atom is -0.497 e. The number of ether oxygens (including phenoxy) is 2. The monoisotopic (exact) mass is 466 g/mol. The van der Waals surface area contributed by atoms with Crippen LogP contribution in [0.15, 0.2) is 59.4 Å². The molecule has 1 fully saturated rings. The Morgan fingerprint density at radius 2 is 1.76 bits per heavy atom. The Kier molecular flexibility index (Phi) is 7.61. The number of carbonyl (C=O) groups excluding carboxylic acids is 1. The molecule has 0 unspecified atom stereocenters. The Labute approximate surface area is 198 Å². The zero-order valence-electron chi connectivity index (χ0n) is 19.8. The molecule has 34 heavy (non-hydrogen) atoms. The number of fused-ring (bicyclic) bond motifs is 1. The van der Waals surface area contributed by atoms with Gasteiger partial charge in [-0.15, -0.1) is 0 Å². The predicted molar refractivity (Wildman–Crippen MR) is 130 cm³/mol. The number of benzene rings is 2. The number of likely N-dealkylation sites (tertiary alicyclic amines) is 1. The molecule has 180 valence electrons. The number of rotatable bonds is 3. The Bertz CT molecular complexity index is 1210. The lowest BCUT2D eigenvalue weighted by Gasteiger charge is -2.26. The van der Waals surface area contributed by atoms with E-state index in [9.17, 15) is 14.4 Å². The SMILES string of the molecule is CC(C)(C)OC(=O)N1CCC[C@H]1C(=O)O.COc1ccc(-c2cc3ccccc3c(=O)[nH]2)cc1. The van der Waals surface area contributed by atoms with E-state index in [1.54, 1.807) is 27.9 Å². The molecule has 0 saturated carbocycles. The lowest BCUT2D eigenvalue weighted by Crippen LogP contribution is -2.43. The van der Waals surface area contributed by atoms with Crippen LogP contribution in [-0.4, -0.2) is 52.4 Å². The summed E-state index contributed by atoms with van der Waals surface area (Å²) in [4.78, 5) is 38.7. The zero-order valence-corrected chi connectivity index (χ0v) is 19.8. The van der Waals surface area contributed by atoms with Gasteiger partial charge in [0.25, 0.3) is 5.56 Å². The fourth-order valence-electron chi connectivity index (χ4n) is 3.70. The minimum absolute atomic E-state index is 0.0658. The number of H-pyrrole nitrogens is 1. The molecule has 1 saturated heterocycles. The molecular weight excluding hydrogens is 436 g/mol. The van der Waals surface area contributed by atoms with Crippen molar-refractivity contribution in [2.45, 2.75) is 45.3 Å². The van der Waals surface area contributed by atoms with Gasteiger partial charge in [0.15, 0.2) is 0 Å². The molecule has 0 radical (unpaired) electrons. The van der Waals surface area contributed by atoms with Crippen molar-refractivity contribution < 1.29 is 24.2 Å². The minimum atomic E-state index is -0.960. The molecule has 1 aliphatic heterocycles. The van der Waals surface area contributed by atoms with E-state index in [0.29, 0.717) is 18.4 Å². The van der Waals surface area contributed by atoms with Crippen LogP contribution < -0.4 is 10.3 Å². The normalized spacial score (nSPS) is 15.4. The van der Waals surface area contributed by atoms with Crippen LogP contribution in [-0.2, 0) is 9.53 Å². The third kappa shape index (κ3) is 6.15. The number of hydrogen-bond donors (Lipinski definition) is 2. The number of amides is 1. The number of aliphatic carboxylic acids is 1. The van der Waals surface area contributed by atoms with Gasteiger partial charge in [-0.1, -0.05) is 18.2 Å². The summed E-state index contributed by atoms with van der Waals surface area (Å²) in [5.41, 5.74) is 1.13. The first-order valence-corrected chi connectivity index (χ1v) is 11.1. The average molecular weight is 467 g/mol. The van der Waals surface area contributed by atoms with E-state index in [-0.39, 0.29) is 5.56 Å². The van der Waals surface area contributed by atoms with Crippen molar-refractivity contribution in [1.82, 2.24) is 9.88 Å². The highest BCUT2D eigenvalue weighted by Gasteiger charge is 2.36. The van der Waals surface area contributed by atoms with Gasteiger partial charge in [-0.2, -0.15) is 0 Å². The highest BCUT2D eigenvalue weighted by Crippen LogP contribution is 2.23. The molecule has 3 aromatic rings.